The number of halogens is 1. The van der Waals surface area contributed by atoms with Crippen molar-refractivity contribution in [1.29, 1.82) is 0 Å². The first-order valence-electron chi connectivity index (χ1n) is 4.61. The molecule has 2 rings (SSSR count). The fraction of sp³-hybridized carbons (Fsp3) is 0.200. The number of benzene rings is 1. The zero-order valence-electron chi connectivity index (χ0n) is 8.10. The minimum Gasteiger partial charge on any atom is -0.324 e. The van der Waals surface area contributed by atoms with Crippen LogP contribution in [0.4, 0.5) is 0 Å². The highest BCUT2D eigenvalue weighted by Gasteiger charge is 2.02. The third-order valence-corrected chi connectivity index (χ3v) is 2.83. The summed E-state index contributed by atoms with van der Waals surface area (Å²) in [7, 11) is 0. The molecule has 1 aromatic carbocycles. The molecule has 4 nitrogen and oxygen atoms in total. The predicted molar refractivity (Wildman–Crippen MR) is 61.2 cm³/mol. The van der Waals surface area contributed by atoms with Crippen molar-refractivity contribution >= 4 is 15.9 Å². The predicted octanol–water partition coefficient (Wildman–Crippen LogP) is 1.55. The molecule has 0 aliphatic carbocycles. The van der Waals surface area contributed by atoms with Crippen molar-refractivity contribution in [2.75, 3.05) is 0 Å². The van der Waals surface area contributed by atoms with Gasteiger partial charge in [-0.05, 0) is 11.6 Å². The van der Waals surface area contributed by atoms with Crippen molar-refractivity contribution in [2.45, 2.75) is 13.1 Å². The van der Waals surface area contributed by atoms with Crippen LogP contribution in [0, 0.1) is 0 Å². The van der Waals surface area contributed by atoms with Gasteiger partial charge in [-0.1, -0.05) is 34.1 Å². The second kappa shape index (κ2) is 4.55. The summed E-state index contributed by atoms with van der Waals surface area (Å²) in [5, 5.41) is 4.22. The van der Waals surface area contributed by atoms with E-state index in [0.29, 0.717) is 18.9 Å². The number of hydrogen-bond donors (Lipinski definition) is 1. The van der Waals surface area contributed by atoms with E-state index in [9.17, 15) is 0 Å². The van der Waals surface area contributed by atoms with Gasteiger partial charge < -0.3 is 5.73 Å². The third-order valence-electron chi connectivity index (χ3n) is 2.06. The van der Waals surface area contributed by atoms with E-state index in [1.807, 2.05) is 24.3 Å². The van der Waals surface area contributed by atoms with E-state index in [4.69, 9.17) is 5.73 Å². The second-order valence-electron chi connectivity index (χ2n) is 3.15. The Morgan fingerprint density at radius 1 is 1.33 bits per heavy atom. The Morgan fingerprint density at radius 2 is 2.13 bits per heavy atom. The van der Waals surface area contributed by atoms with Gasteiger partial charge >= 0.3 is 0 Å². The summed E-state index contributed by atoms with van der Waals surface area (Å²) in [5.74, 6) is 0.669. The SMILES string of the molecule is NCc1ncn(Cc2ccccc2Br)n1. The summed E-state index contributed by atoms with van der Waals surface area (Å²) in [6, 6.07) is 8.05. The minimum atomic E-state index is 0.378. The van der Waals surface area contributed by atoms with Gasteiger partial charge in [-0.15, -0.1) is 0 Å². The monoisotopic (exact) mass is 266 g/mol. The van der Waals surface area contributed by atoms with Crippen LogP contribution in [0.15, 0.2) is 35.1 Å². The van der Waals surface area contributed by atoms with E-state index >= 15 is 0 Å². The molecule has 0 aliphatic rings. The Hall–Kier alpha value is -1.20. The maximum atomic E-state index is 5.44. The lowest BCUT2D eigenvalue weighted by Gasteiger charge is -2.03. The van der Waals surface area contributed by atoms with Gasteiger partial charge in [0.15, 0.2) is 5.82 Å². The molecule has 0 unspecified atom stereocenters. The first-order chi connectivity index (χ1) is 7.29. The molecule has 2 N–H and O–H groups in total. The average Bonchev–Trinajstić information content (AvgIpc) is 2.69. The number of rotatable bonds is 3. The van der Waals surface area contributed by atoms with E-state index in [0.717, 1.165) is 4.47 Å². The van der Waals surface area contributed by atoms with Gasteiger partial charge in [0.1, 0.15) is 6.33 Å². The standard InChI is InChI=1S/C10H11BrN4/c11-9-4-2-1-3-8(9)6-15-7-13-10(5-12)14-15/h1-4,7H,5-6,12H2. The normalized spacial score (nSPS) is 10.5. The fourth-order valence-corrected chi connectivity index (χ4v) is 1.71. The summed E-state index contributed by atoms with van der Waals surface area (Å²) in [6.07, 6.45) is 1.70. The van der Waals surface area contributed by atoms with Crippen LogP contribution in [-0.4, -0.2) is 14.8 Å². The highest BCUT2D eigenvalue weighted by atomic mass is 79.9. The van der Waals surface area contributed by atoms with Crippen LogP contribution in [0.1, 0.15) is 11.4 Å². The third kappa shape index (κ3) is 2.43. The van der Waals surface area contributed by atoms with Crippen molar-refractivity contribution in [3.05, 3.63) is 46.5 Å². The van der Waals surface area contributed by atoms with Crippen LogP contribution in [0.2, 0.25) is 0 Å². The van der Waals surface area contributed by atoms with Crippen LogP contribution < -0.4 is 5.73 Å². The Bertz CT molecular complexity index is 452. The number of aromatic nitrogens is 3. The maximum Gasteiger partial charge on any atom is 0.164 e. The van der Waals surface area contributed by atoms with Gasteiger partial charge in [0.05, 0.1) is 13.1 Å². The summed E-state index contributed by atoms with van der Waals surface area (Å²) in [5.41, 5.74) is 6.61. The van der Waals surface area contributed by atoms with Crippen molar-refractivity contribution in [3.8, 4) is 0 Å². The van der Waals surface area contributed by atoms with Gasteiger partial charge in [0.25, 0.3) is 0 Å². The molecule has 0 saturated heterocycles. The second-order valence-corrected chi connectivity index (χ2v) is 4.01. The number of hydrogen-bond acceptors (Lipinski definition) is 3. The van der Waals surface area contributed by atoms with Crippen LogP contribution in [0.3, 0.4) is 0 Å². The molecular weight excluding hydrogens is 256 g/mol. The zero-order chi connectivity index (χ0) is 10.7. The molecule has 2 aromatic rings. The topological polar surface area (TPSA) is 56.7 Å². The molecule has 0 aliphatic heterocycles. The van der Waals surface area contributed by atoms with Gasteiger partial charge in [-0.2, -0.15) is 5.10 Å². The molecule has 1 aromatic heterocycles. The van der Waals surface area contributed by atoms with E-state index in [-0.39, 0.29) is 0 Å². The minimum absolute atomic E-state index is 0.378. The Morgan fingerprint density at radius 3 is 2.80 bits per heavy atom. The quantitative estimate of drug-likeness (QED) is 0.917. The summed E-state index contributed by atoms with van der Waals surface area (Å²) >= 11 is 3.49. The molecule has 0 atom stereocenters. The molecule has 0 radical (unpaired) electrons. The van der Waals surface area contributed by atoms with Gasteiger partial charge in [0.2, 0.25) is 0 Å². The van der Waals surface area contributed by atoms with E-state index in [1.165, 1.54) is 5.56 Å². The molecule has 5 heteroatoms. The van der Waals surface area contributed by atoms with Crippen molar-refractivity contribution < 1.29 is 0 Å². The first kappa shape index (κ1) is 10.3. The van der Waals surface area contributed by atoms with E-state index in [1.54, 1.807) is 11.0 Å². The van der Waals surface area contributed by atoms with Crippen molar-refractivity contribution in [1.82, 2.24) is 14.8 Å². The van der Waals surface area contributed by atoms with Crippen molar-refractivity contribution in [3.63, 3.8) is 0 Å². The molecular formula is C10H11BrN4. The number of nitrogens with zero attached hydrogens (tertiary/aromatic N) is 3. The molecule has 0 saturated carbocycles. The van der Waals surface area contributed by atoms with E-state index < -0.39 is 0 Å². The largest absolute Gasteiger partial charge is 0.324 e. The van der Waals surface area contributed by atoms with E-state index in [2.05, 4.69) is 26.0 Å². The smallest absolute Gasteiger partial charge is 0.164 e. The Balaban J connectivity index is 2.18. The lowest BCUT2D eigenvalue weighted by atomic mass is 10.2. The molecule has 0 fully saturated rings. The van der Waals surface area contributed by atoms with Crippen LogP contribution in [0.5, 0.6) is 0 Å². The highest BCUT2D eigenvalue weighted by Crippen LogP contribution is 2.16. The lowest BCUT2D eigenvalue weighted by Crippen LogP contribution is -2.03. The van der Waals surface area contributed by atoms with Crippen LogP contribution in [0.25, 0.3) is 0 Å². The molecule has 1 heterocycles. The summed E-state index contributed by atoms with van der Waals surface area (Å²) < 4.78 is 2.86. The zero-order valence-corrected chi connectivity index (χ0v) is 9.68. The Labute approximate surface area is 96.3 Å². The summed E-state index contributed by atoms with van der Waals surface area (Å²) in [6.45, 7) is 1.08. The molecule has 0 spiro atoms. The van der Waals surface area contributed by atoms with Gasteiger partial charge in [-0.25, -0.2) is 9.67 Å². The molecule has 0 bridgehead atoms. The Kier molecular flexibility index (Phi) is 3.13. The average molecular weight is 267 g/mol. The van der Waals surface area contributed by atoms with Gasteiger partial charge in [0, 0.05) is 4.47 Å². The molecule has 0 amide bonds. The van der Waals surface area contributed by atoms with Gasteiger partial charge in [-0.3, -0.25) is 0 Å². The first-order valence-corrected chi connectivity index (χ1v) is 5.40. The summed E-state index contributed by atoms with van der Waals surface area (Å²) in [4.78, 5) is 4.07. The van der Waals surface area contributed by atoms with Crippen LogP contribution >= 0.6 is 15.9 Å². The lowest BCUT2D eigenvalue weighted by molar-refractivity contribution is 0.670. The van der Waals surface area contributed by atoms with Crippen molar-refractivity contribution in [2.24, 2.45) is 5.73 Å². The van der Waals surface area contributed by atoms with Crippen LogP contribution in [-0.2, 0) is 13.1 Å². The molecule has 78 valence electrons. The molecule has 15 heavy (non-hydrogen) atoms. The highest BCUT2D eigenvalue weighted by molar-refractivity contribution is 9.10. The number of nitrogens with two attached hydrogens (primary N) is 1. The fourth-order valence-electron chi connectivity index (χ4n) is 1.30. The maximum absolute atomic E-state index is 5.44.